The quantitative estimate of drug-likeness (QED) is 0.252. The van der Waals surface area contributed by atoms with Crippen molar-refractivity contribution in [2.45, 2.75) is 32.1 Å². The highest BCUT2D eigenvalue weighted by molar-refractivity contribution is 6.01. The molecule has 220 valence electrons. The van der Waals surface area contributed by atoms with Crippen molar-refractivity contribution in [1.29, 1.82) is 0 Å². The number of hydrogen-bond donors (Lipinski definition) is 1. The number of carbonyl (C=O) groups is 1. The van der Waals surface area contributed by atoms with Crippen LogP contribution in [0.25, 0.3) is 34.4 Å². The van der Waals surface area contributed by atoms with Crippen molar-refractivity contribution in [3.05, 3.63) is 149 Å². The highest BCUT2D eigenvalue weighted by Crippen LogP contribution is 2.37. The number of benzene rings is 4. The van der Waals surface area contributed by atoms with Crippen LogP contribution in [0.1, 0.15) is 41.8 Å². The largest absolute Gasteiger partial charge is 0.496 e. The number of ketones is 1. The van der Waals surface area contributed by atoms with Gasteiger partial charge in [0.05, 0.1) is 7.11 Å². The number of allylic oxidation sites excluding steroid dienone is 4. The minimum atomic E-state index is -0.328. The van der Waals surface area contributed by atoms with Crippen LogP contribution in [0.3, 0.4) is 0 Å². The van der Waals surface area contributed by atoms with Gasteiger partial charge in [-0.3, -0.25) is 4.79 Å². The zero-order valence-corrected chi connectivity index (χ0v) is 25.3. The van der Waals surface area contributed by atoms with Gasteiger partial charge in [0.25, 0.3) is 0 Å². The summed E-state index contributed by atoms with van der Waals surface area (Å²) in [6.45, 7) is 4.43. The normalized spacial score (nSPS) is 16.8. The minimum Gasteiger partial charge on any atom is -0.496 e. The van der Waals surface area contributed by atoms with Gasteiger partial charge in [-0.15, -0.1) is 0 Å². The first kappa shape index (κ1) is 29.1. The molecule has 2 aliphatic carbocycles. The number of Topliss-reactive ketones (excluding diaryl/α,β-unsaturated/α-hetero) is 1. The monoisotopic (exact) mass is 581 g/mol. The molecule has 0 radical (unpaired) electrons. The Balaban J connectivity index is 0.000000433. The number of nitrogens with one attached hydrogen (secondary N) is 1. The number of rotatable bonds is 4. The molecule has 0 saturated heterocycles. The zero-order valence-electron chi connectivity index (χ0n) is 25.3. The second-order valence-corrected chi connectivity index (χ2v) is 12.0. The third kappa shape index (κ3) is 5.80. The highest BCUT2D eigenvalue weighted by atomic mass is 19.1. The van der Waals surface area contributed by atoms with Gasteiger partial charge in [-0.2, -0.15) is 0 Å². The van der Waals surface area contributed by atoms with Crippen molar-refractivity contribution >= 4 is 17.9 Å². The van der Waals surface area contributed by atoms with Gasteiger partial charge in [0.2, 0.25) is 0 Å². The average molecular weight is 582 g/mol. The number of methoxy groups -OCH3 is 1. The van der Waals surface area contributed by atoms with E-state index in [1.807, 2.05) is 54.9 Å². The van der Waals surface area contributed by atoms with Crippen molar-refractivity contribution in [2.75, 3.05) is 7.11 Å². The Bertz CT molecular complexity index is 1920. The van der Waals surface area contributed by atoms with Crippen LogP contribution >= 0.6 is 0 Å². The third-order valence-electron chi connectivity index (χ3n) is 8.64. The summed E-state index contributed by atoms with van der Waals surface area (Å²) in [6.07, 6.45) is 17.6. The van der Waals surface area contributed by atoms with Gasteiger partial charge in [0.1, 0.15) is 11.6 Å². The van der Waals surface area contributed by atoms with Gasteiger partial charge in [-0.05, 0) is 99.0 Å². The van der Waals surface area contributed by atoms with Crippen molar-refractivity contribution < 1.29 is 13.9 Å². The van der Waals surface area contributed by atoms with Crippen LogP contribution in [0, 0.1) is 11.7 Å². The Morgan fingerprint density at radius 2 is 1.57 bits per heavy atom. The van der Waals surface area contributed by atoms with E-state index in [1.165, 1.54) is 39.6 Å². The van der Waals surface area contributed by atoms with E-state index in [9.17, 15) is 9.18 Å². The Morgan fingerprint density at radius 1 is 0.841 bits per heavy atom. The van der Waals surface area contributed by atoms with E-state index in [0.29, 0.717) is 5.56 Å². The number of para-hydroxylation sites is 1. The molecule has 4 aromatic rings. The molecule has 1 N–H and O–H groups in total. The number of halogens is 1. The molecule has 0 bridgehead atoms. The number of ether oxygens (including phenoxy) is 1. The second kappa shape index (κ2) is 12.3. The smallest absolute Gasteiger partial charge is 0.169 e. The number of fused-ring (bicyclic) bond motifs is 5. The summed E-state index contributed by atoms with van der Waals surface area (Å²) in [5.74, 6) is 0.340. The molecule has 1 atom stereocenters. The van der Waals surface area contributed by atoms with E-state index in [4.69, 9.17) is 4.74 Å². The lowest BCUT2D eigenvalue weighted by Crippen LogP contribution is -2.43. The summed E-state index contributed by atoms with van der Waals surface area (Å²) in [4.78, 5) is 13.4. The first-order valence-electron chi connectivity index (χ1n) is 15.0. The minimum absolute atomic E-state index is 0.0500. The fourth-order valence-corrected chi connectivity index (χ4v) is 6.47. The molecule has 4 aromatic carbocycles. The van der Waals surface area contributed by atoms with Gasteiger partial charge < -0.3 is 10.1 Å². The van der Waals surface area contributed by atoms with E-state index in [-0.39, 0.29) is 22.9 Å². The SMILES string of the molecule is C1=CC=CNC=C1.COc1ccccc1-c1ccc2c(c1)CC=c1c-2ccc2c1=CC(C(=O)c1ccc(F)cc1)CC2(C)C. The Kier molecular flexibility index (Phi) is 8.17. The topological polar surface area (TPSA) is 38.3 Å². The summed E-state index contributed by atoms with van der Waals surface area (Å²) in [5.41, 5.74) is 7.63. The molecule has 7 rings (SSSR count). The summed E-state index contributed by atoms with van der Waals surface area (Å²) < 4.78 is 19.0. The molecule has 3 aliphatic rings. The fraction of sp³-hybridized carbons (Fsp3) is 0.175. The van der Waals surface area contributed by atoms with Gasteiger partial charge in [-0.25, -0.2) is 4.39 Å². The van der Waals surface area contributed by atoms with E-state index in [1.54, 1.807) is 19.2 Å². The molecule has 4 heteroatoms. The summed E-state index contributed by atoms with van der Waals surface area (Å²) in [5, 5.41) is 5.29. The maximum Gasteiger partial charge on any atom is 0.169 e. The lowest BCUT2D eigenvalue weighted by atomic mass is 9.69. The second-order valence-electron chi connectivity index (χ2n) is 12.0. The first-order valence-corrected chi connectivity index (χ1v) is 15.0. The fourth-order valence-electron chi connectivity index (χ4n) is 6.47. The Morgan fingerprint density at radius 3 is 2.32 bits per heavy atom. The molecule has 0 amide bonds. The van der Waals surface area contributed by atoms with E-state index >= 15 is 0 Å². The third-order valence-corrected chi connectivity index (χ3v) is 8.64. The van der Waals surface area contributed by atoms with Crippen molar-refractivity contribution in [2.24, 2.45) is 5.92 Å². The first-order chi connectivity index (χ1) is 21.4. The van der Waals surface area contributed by atoms with Gasteiger partial charge in [-0.1, -0.05) is 86.7 Å². The molecule has 1 aliphatic heterocycles. The maximum absolute atomic E-state index is 13.5. The predicted octanol–water partition coefficient (Wildman–Crippen LogP) is 7.64. The summed E-state index contributed by atoms with van der Waals surface area (Å²) >= 11 is 0. The Labute approximate surface area is 258 Å². The molecule has 3 nitrogen and oxygen atoms in total. The molecular weight excluding hydrogens is 545 g/mol. The molecule has 44 heavy (non-hydrogen) atoms. The van der Waals surface area contributed by atoms with Crippen LogP contribution < -0.4 is 20.5 Å². The molecule has 0 aromatic heterocycles. The predicted molar refractivity (Wildman–Crippen MR) is 178 cm³/mol. The van der Waals surface area contributed by atoms with E-state index in [2.05, 4.69) is 67.7 Å². The average Bonchev–Trinajstić information content (AvgIpc) is 3.37. The van der Waals surface area contributed by atoms with Crippen LogP contribution in [-0.4, -0.2) is 12.9 Å². The van der Waals surface area contributed by atoms with Crippen LogP contribution in [-0.2, 0) is 11.8 Å². The van der Waals surface area contributed by atoms with Crippen LogP contribution in [0.15, 0.2) is 116 Å². The zero-order chi connectivity index (χ0) is 30.7. The van der Waals surface area contributed by atoms with Crippen LogP contribution in [0.4, 0.5) is 4.39 Å². The lowest BCUT2D eigenvalue weighted by molar-refractivity contribution is 0.0933. The highest BCUT2D eigenvalue weighted by Gasteiger charge is 2.34. The van der Waals surface area contributed by atoms with Gasteiger partial charge >= 0.3 is 0 Å². The van der Waals surface area contributed by atoms with E-state index in [0.717, 1.165) is 34.9 Å². The molecule has 0 spiro atoms. The summed E-state index contributed by atoms with van der Waals surface area (Å²) in [6, 6.07) is 25.1. The molecule has 1 heterocycles. The van der Waals surface area contributed by atoms with Crippen molar-refractivity contribution in [3.8, 4) is 28.0 Å². The van der Waals surface area contributed by atoms with Crippen LogP contribution in [0.5, 0.6) is 5.75 Å². The summed E-state index contributed by atoms with van der Waals surface area (Å²) in [7, 11) is 1.70. The van der Waals surface area contributed by atoms with Crippen molar-refractivity contribution in [3.63, 3.8) is 0 Å². The lowest BCUT2D eigenvalue weighted by Gasteiger charge is -2.34. The maximum atomic E-state index is 13.5. The number of carbonyl (C=O) groups excluding carboxylic acids is 1. The molecule has 1 unspecified atom stereocenters. The Hall–Kier alpha value is -4.96. The number of hydrogen-bond acceptors (Lipinski definition) is 3. The van der Waals surface area contributed by atoms with E-state index < -0.39 is 0 Å². The molecule has 0 saturated carbocycles. The van der Waals surface area contributed by atoms with Gasteiger partial charge in [0, 0.05) is 29.4 Å². The molecular formula is C40H36FNO2. The molecule has 0 fully saturated rings. The standard InChI is InChI=1S/C34H29FO2.C6H7N/c1-34(2)20-24(33(36)21-8-12-25(35)13-9-21)19-30-29-15-11-22-18-23(27-6-4-5-7-32(27)37-3)10-14-26(22)28(29)16-17-31(30)34;1-2-4-6-7-5-3-1/h4-10,12-19,24H,11,20H2,1-3H3;1-7H. The van der Waals surface area contributed by atoms with Crippen molar-refractivity contribution in [1.82, 2.24) is 5.32 Å². The van der Waals surface area contributed by atoms with Gasteiger partial charge in [0.15, 0.2) is 5.78 Å². The van der Waals surface area contributed by atoms with Crippen LogP contribution in [0.2, 0.25) is 0 Å².